The Balaban J connectivity index is 2.18. The fourth-order valence-corrected chi connectivity index (χ4v) is 3.53. The predicted molar refractivity (Wildman–Crippen MR) is 80.9 cm³/mol. The number of nitro groups is 1. The Morgan fingerprint density at radius 3 is 2.80 bits per heavy atom. The minimum atomic E-state index is -0.420. The van der Waals surface area contributed by atoms with Crippen LogP contribution in [0.2, 0.25) is 5.02 Å². The second-order valence-electron chi connectivity index (χ2n) is 5.93. The van der Waals surface area contributed by atoms with E-state index in [0.29, 0.717) is 11.6 Å². The van der Waals surface area contributed by atoms with Crippen LogP contribution in [0.4, 0.5) is 5.69 Å². The van der Waals surface area contributed by atoms with Gasteiger partial charge in [0.2, 0.25) is 0 Å². The Bertz CT molecular complexity index is 507. The van der Waals surface area contributed by atoms with Crippen LogP contribution in [0.3, 0.4) is 0 Å². The minimum absolute atomic E-state index is 0.0402. The average molecular weight is 297 g/mol. The van der Waals surface area contributed by atoms with E-state index < -0.39 is 4.92 Å². The summed E-state index contributed by atoms with van der Waals surface area (Å²) in [7, 11) is 0. The summed E-state index contributed by atoms with van der Waals surface area (Å²) in [5.41, 5.74) is 7.13. The van der Waals surface area contributed by atoms with Crippen molar-refractivity contribution in [2.75, 3.05) is 6.54 Å². The molecule has 1 fully saturated rings. The van der Waals surface area contributed by atoms with Gasteiger partial charge in [-0.2, -0.15) is 0 Å². The molecule has 2 rings (SSSR count). The molecular weight excluding hydrogens is 276 g/mol. The number of nitro benzene ring substituents is 1. The van der Waals surface area contributed by atoms with Crippen molar-refractivity contribution >= 4 is 17.3 Å². The number of hydrogen-bond acceptors (Lipinski definition) is 3. The van der Waals surface area contributed by atoms with Crippen LogP contribution in [-0.2, 0) is 6.42 Å². The molecule has 1 aliphatic rings. The molecule has 0 heterocycles. The summed E-state index contributed by atoms with van der Waals surface area (Å²) in [6, 6.07) is 4.74. The van der Waals surface area contributed by atoms with Crippen LogP contribution in [0.15, 0.2) is 18.2 Å². The Labute approximate surface area is 124 Å². The van der Waals surface area contributed by atoms with E-state index in [1.54, 1.807) is 6.07 Å². The van der Waals surface area contributed by atoms with Crippen molar-refractivity contribution in [2.45, 2.75) is 39.0 Å². The maximum Gasteiger partial charge on any atom is 0.270 e. The predicted octanol–water partition coefficient (Wildman–Crippen LogP) is 3.95. The van der Waals surface area contributed by atoms with Crippen molar-refractivity contribution in [3.8, 4) is 0 Å². The van der Waals surface area contributed by atoms with Gasteiger partial charge in [-0.1, -0.05) is 31.0 Å². The fourth-order valence-electron chi connectivity index (χ4n) is 3.29. The van der Waals surface area contributed by atoms with Crippen molar-refractivity contribution in [1.29, 1.82) is 0 Å². The van der Waals surface area contributed by atoms with Crippen molar-refractivity contribution < 1.29 is 4.92 Å². The number of benzene rings is 1. The first-order valence-electron chi connectivity index (χ1n) is 7.12. The Hall–Kier alpha value is -1.13. The van der Waals surface area contributed by atoms with E-state index in [-0.39, 0.29) is 11.1 Å². The molecule has 1 aromatic carbocycles. The van der Waals surface area contributed by atoms with Crippen LogP contribution >= 0.6 is 11.6 Å². The van der Waals surface area contributed by atoms with Gasteiger partial charge in [0.1, 0.15) is 0 Å². The van der Waals surface area contributed by atoms with Gasteiger partial charge in [0.05, 0.1) is 9.95 Å². The lowest BCUT2D eigenvalue weighted by Gasteiger charge is -2.28. The molecule has 0 aromatic heterocycles. The number of nitrogens with two attached hydrogens (primary N) is 1. The maximum atomic E-state index is 10.7. The molecule has 0 bridgehead atoms. The van der Waals surface area contributed by atoms with Gasteiger partial charge in [-0.15, -0.1) is 0 Å². The minimum Gasteiger partial charge on any atom is -0.330 e. The first kappa shape index (κ1) is 15.3. The van der Waals surface area contributed by atoms with Crippen molar-refractivity contribution in [3.05, 3.63) is 38.9 Å². The van der Waals surface area contributed by atoms with Crippen LogP contribution in [0.5, 0.6) is 0 Å². The Morgan fingerprint density at radius 2 is 2.30 bits per heavy atom. The van der Waals surface area contributed by atoms with Gasteiger partial charge in [-0.3, -0.25) is 10.1 Å². The first-order valence-corrected chi connectivity index (χ1v) is 7.50. The molecule has 0 amide bonds. The quantitative estimate of drug-likeness (QED) is 0.661. The second kappa shape index (κ2) is 6.10. The summed E-state index contributed by atoms with van der Waals surface area (Å²) in [4.78, 5) is 10.3. The van der Waals surface area contributed by atoms with Gasteiger partial charge >= 0.3 is 0 Å². The highest BCUT2D eigenvalue weighted by Gasteiger charge is 2.37. The summed E-state index contributed by atoms with van der Waals surface area (Å²) in [6.45, 7) is 2.87. The van der Waals surface area contributed by atoms with E-state index >= 15 is 0 Å². The lowest BCUT2D eigenvalue weighted by molar-refractivity contribution is -0.384. The molecule has 4 nitrogen and oxygen atoms in total. The molecule has 1 aromatic rings. The molecule has 2 atom stereocenters. The van der Waals surface area contributed by atoms with E-state index in [4.69, 9.17) is 17.3 Å². The lowest BCUT2D eigenvalue weighted by atomic mass is 9.79. The van der Waals surface area contributed by atoms with Gasteiger partial charge in [-0.25, -0.2) is 0 Å². The summed E-state index contributed by atoms with van der Waals surface area (Å²) in [6.07, 6.45) is 5.48. The van der Waals surface area contributed by atoms with E-state index in [9.17, 15) is 10.1 Å². The molecule has 110 valence electrons. The van der Waals surface area contributed by atoms with E-state index in [2.05, 4.69) is 6.92 Å². The third-order valence-electron chi connectivity index (χ3n) is 4.63. The summed E-state index contributed by atoms with van der Waals surface area (Å²) >= 11 is 6.20. The summed E-state index contributed by atoms with van der Waals surface area (Å²) < 4.78 is 0. The molecule has 20 heavy (non-hydrogen) atoms. The molecule has 0 saturated heterocycles. The van der Waals surface area contributed by atoms with Crippen LogP contribution in [0, 0.1) is 21.4 Å². The smallest absolute Gasteiger partial charge is 0.270 e. The molecule has 1 aliphatic carbocycles. The zero-order chi connectivity index (χ0) is 14.8. The number of rotatable bonds is 5. The molecule has 2 N–H and O–H groups in total. The molecule has 2 unspecified atom stereocenters. The summed E-state index contributed by atoms with van der Waals surface area (Å²) in [5.74, 6) is 0.746. The van der Waals surface area contributed by atoms with E-state index in [0.717, 1.165) is 30.7 Å². The number of hydrogen-bond donors (Lipinski definition) is 1. The SMILES string of the molecule is CCC1CCC(CN)(Cc2ccc([N+](=O)[O-])cc2Cl)C1. The van der Waals surface area contributed by atoms with Gasteiger partial charge in [-0.05, 0) is 49.1 Å². The number of halogens is 1. The average Bonchev–Trinajstić information content (AvgIpc) is 2.85. The van der Waals surface area contributed by atoms with Crippen molar-refractivity contribution in [1.82, 2.24) is 0 Å². The van der Waals surface area contributed by atoms with Crippen molar-refractivity contribution in [2.24, 2.45) is 17.1 Å². The molecule has 0 radical (unpaired) electrons. The van der Waals surface area contributed by atoms with Crippen LogP contribution in [0.1, 0.15) is 38.2 Å². The standard InChI is InChI=1S/C15H21ClN2O2/c1-2-11-5-6-15(8-11,10-17)9-12-3-4-13(18(19)20)7-14(12)16/h3-4,7,11H,2,5-6,8-10,17H2,1H3. The van der Waals surface area contributed by atoms with E-state index in [1.165, 1.54) is 25.0 Å². The normalized spacial score (nSPS) is 25.9. The van der Waals surface area contributed by atoms with E-state index in [1.807, 2.05) is 0 Å². The van der Waals surface area contributed by atoms with Crippen LogP contribution in [-0.4, -0.2) is 11.5 Å². The van der Waals surface area contributed by atoms with Crippen LogP contribution < -0.4 is 5.73 Å². The molecule has 0 aliphatic heterocycles. The molecular formula is C15H21ClN2O2. The van der Waals surface area contributed by atoms with Gasteiger partial charge in [0.25, 0.3) is 5.69 Å². The second-order valence-corrected chi connectivity index (χ2v) is 6.34. The topological polar surface area (TPSA) is 69.2 Å². The van der Waals surface area contributed by atoms with Gasteiger partial charge < -0.3 is 5.73 Å². The molecule has 5 heteroatoms. The van der Waals surface area contributed by atoms with Crippen LogP contribution in [0.25, 0.3) is 0 Å². The monoisotopic (exact) mass is 296 g/mol. The number of non-ortho nitro benzene ring substituents is 1. The third kappa shape index (κ3) is 3.13. The highest BCUT2D eigenvalue weighted by Crippen LogP contribution is 2.45. The van der Waals surface area contributed by atoms with Gasteiger partial charge in [0.15, 0.2) is 0 Å². The Morgan fingerprint density at radius 1 is 1.55 bits per heavy atom. The van der Waals surface area contributed by atoms with Crippen molar-refractivity contribution in [3.63, 3.8) is 0 Å². The lowest BCUT2D eigenvalue weighted by Crippen LogP contribution is -2.30. The zero-order valence-corrected chi connectivity index (χ0v) is 12.5. The Kier molecular flexibility index (Phi) is 4.66. The fraction of sp³-hybridized carbons (Fsp3) is 0.600. The molecule has 0 spiro atoms. The highest BCUT2D eigenvalue weighted by atomic mass is 35.5. The first-order chi connectivity index (χ1) is 9.49. The largest absolute Gasteiger partial charge is 0.330 e. The third-order valence-corrected chi connectivity index (χ3v) is 4.98. The zero-order valence-electron chi connectivity index (χ0n) is 11.8. The maximum absolute atomic E-state index is 10.7. The summed E-state index contributed by atoms with van der Waals surface area (Å²) in [5, 5.41) is 11.2. The number of nitrogens with zero attached hydrogens (tertiary/aromatic N) is 1. The highest BCUT2D eigenvalue weighted by molar-refractivity contribution is 6.31. The molecule has 1 saturated carbocycles. The van der Waals surface area contributed by atoms with Gasteiger partial charge in [0, 0.05) is 12.1 Å².